The zero-order valence-corrected chi connectivity index (χ0v) is 8.90. The summed E-state index contributed by atoms with van der Waals surface area (Å²) >= 11 is 0. The van der Waals surface area contributed by atoms with Crippen molar-refractivity contribution in [1.29, 1.82) is 0 Å². The maximum Gasteiger partial charge on any atom is 0.246 e. The summed E-state index contributed by atoms with van der Waals surface area (Å²) in [5.41, 5.74) is 0.914. The highest BCUT2D eigenvalue weighted by atomic mass is 19.1. The molecule has 0 aliphatic rings. The van der Waals surface area contributed by atoms with Gasteiger partial charge in [0, 0.05) is 13.6 Å². The number of benzene rings is 1. The predicted molar refractivity (Wildman–Crippen MR) is 57.7 cm³/mol. The van der Waals surface area contributed by atoms with E-state index >= 15 is 0 Å². The summed E-state index contributed by atoms with van der Waals surface area (Å²) in [4.78, 5) is 13.0. The third kappa shape index (κ3) is 3.54. The van der Waals surface area contributed by atoms with Crippen molar-refractivity contribution in [2.45, 2.75) is 13.5 Å². The Morgan fingerprint density at radius 3 is 2.53 bits per heavy atom. The Hall–Kier alpha value is -1.64. The second kappa shape index (κ2) is 5.29. The SMILES string of the molecule is CC=CC(=O)N(C)Cc1ccc(F)cc1. The highest BCUT2D eigenvalue weighted by molar-refractivity contribution is 5.87. The molecule has 1 aromatic carbocycles. The van der Waals surface area contributed by atoms with Gasteiger partial charge in [0.2, 0.25) is 5.91 Å². The van der Waals surface area contributed by atoms with E-state index in [1.54, 1.807) is 37.1 Å². The third-order valence-corrected chi connectivity index (χ3v) is 2.02. The molecule has 15 heavy (non-hydrogen) atoms. The quantitative estimate of drug-likeness (QED) is 0.697. The number of allylic oxidation sites excluding steroid dienone is 1. The zero-order chi connectivity index (χ0) is 11.3. The van der Waals surface area contributed by atoms with Crippen LogP contribution in [0.15, 0.2) is 36.4 Å². The summed E-state index contributed by atoms with van der Waals surface area (Å²) in [7, 11) is 1.71. The van der Waals surface area contributed by atoms with Gasteiger partial charge in [0.05, 0.1) is 0 Å². The Balaban J connectivity index is 2.62. The number of carbonyl (C=O) groups excluding carboxylic acids is 1. The number of rotatable bonds is 3. The largest absolute Gasteiger partial charge is 0.338 e. The predicted octanol–water partition coefficient (Wildman–Crippen LogP) is 2.36. The van der Waals surface area contributed by atoms with Crippen LogP contribution in [0.2, 0.25) is 0 Å². The molecule has 0 fully saturated rings. The molecule has 0 aliphatic heterocycles. The van der Waals surface area contributed by atoms with E-state index in [1.165, 1.54) is 18.2 Å². The van der Waals surface area contributed by atoms with Crippen LogP contribution in [-0.2, 0) is 11.3 Å². The maximum atomic E-state index is 12.6. The van der Waals surface area contributed by atoms with Crippen molar-refractivity contribution in [3.05, 3.63) is 47.8 Å². The number of amides is 1. The van der Waals surface area contributed by atoms with Crippen LogP contribution in [0, 0.1) is 5.82 Å². The fourth-order valence-corrected chi connectivity index (χ4v) is 1.21. The first kappa shape index (κ1) is 11.4. The van der Waals surface area contributed by atoms with E-state index < -0.39 is 0 Å². The Kier molecular flexibility index (Phi) is 4.03. The minimum Gasteiger partial charge on any atom is -0.338 e. The van der Waals surface area contributed by atoms with E-state index in [2.05, 4.69) is 0 Å². The lowest BCUT2D eigenvalue weighted by molar-refractivity contribution is -0.125. The molecule has 2 nitrogen and oxygen atoms in total. The number of hydrogen-bond acceptors (Lipinski definition) is 1. The Bertz CT molecular complexity index is 356. The molecule has 0 N–H and O–H groups in total. The first-order valence-corrected chi connectivity index (χ1v) is 4.75. The van der Waals surface area contributed by atoms with Crippen LogP contribution in [0.3, 0.4) is 0 Å². The van der Waals surface area contributed by atoms with E-state index in [0.29, 0.717) is 6.54 Å². The van der Waals surface area contributed by atoms with Crippen LogP contribution in [0.5, 0.6) is 0 Å². The summed E-state index contributed by atoms with van der Waals surface area (Å²) in [5, 5.41) is 0. The molecule has 0 heterocycles. The van der Waals surface area contributed by atoms with Gasteiger partial charge in [0.15, 0.2) is 0 Å². The van der Waals surface area contributed by atoms with Gasteiger partial charge in [-0.25, -0.2) is 4.39 Å². The number of nitrogens with zero attached hydrogens (tertiary/aromatic N) is 1. The lowest BCUT2D eigenvalue weighted by atomic mass is 10.2. The molecule has 0 aromatic heterocycles. The fourth-order valence-electron chi connectivity index (χ4n) is 1.21. The molecule has 0 bridgehead atoms. The van der Waals surface area contributed by atoms with E-state index in [0.717, 1.165) is 5.56 Å². The van der Waals surface area contributed by atoms with Crippen molar-refractivity contribution in [2.75, 3.05) is 7.05 Å². The molecule has 80 valence electrons. The van der Waals surface area contributed by atoms with E-state index in [1.807, 2.05) is 0 Å². The van der Waals surface area contributed by atoms with Crippen molar-refractivity contribution in [2.24, 2.45) is 0 Å². The smallest absolute Gasteiger partial charge is 0.246 e. The molecule has 1 aromatic rings. The molecule has 1 rings (SSSR count). The Morgan fingerprint density at radius 1 is 1.40 bits per heavy atom. The molecule has 0 saturated heterocycles. The number of carbonyl (C=O) groups is 1. The number of hydrogen-bond donors (Lipinski definition) is 0. The normalized spacial score (nSPS) is 10.6. The molecule has 0 radical (unpaired) electrons. The summed E-state index contributed by atoms with van der Waals surface area (Å²) in [6.07, 6.45) is 3.20. The second-order valence-electron chi connectivity index (χ2n) is 3.32. The van der Waals surface area contributed by atoms with E-state index in [4.69, 9.17) is 0 Å². The molecular formula is C12H14FNO. The highest BCUT2D eigenvalue weighted by Crippen LogP contribution is 2.05. The van der Waals surface area contributed by atoms with Crippen LogP contribution in [0.25, 0.3) is 0 Å². The van der Waals surface area contributed by atoms with Gasteiger partial charge < -0.3 is 4.90 Å². The molecule has 0 saturated carbocycles. The van der Waals surface area contributed by atoms with Gasteiger partial charge in [0.1, 0.15) is 5.82 Å². The topological polar surface area (TPSA) is 20.3 Å². The van der Waals surface area contributed by atoms with Gasteiger partial charge in [-0.3, -0.25) is 4.79 Å². The maximum absolute atomic E-state index is 12.6. The lowest BCUT2D eigenvalue weighted by Crippen LogP contribution is -2.24. The molecule has 0 atom stereocenters. The van der Waals surface area contributed by atoms with E-state index in [-0.39, 0.29) is 11.7 Å². The fraction of sp³-hybridized carbons (Fsp3) is 0.250. The molecule has 0 aliphatic carbocycles. The summed E-state index contributed by atoms with van der Waals surface area (Å²) in [6.45, 7) is 2.28. The molecule has 3 heteroatoms. The summed E-state index contributed by atoms with van der Waals surface area (Å²) < 4.78 is 12.6. The molecule has 0 unspecified atom stereocenters. The molecule has 1 amide bonds. The molecule has 0 spiro atoms. The second-order valence-corrected chi connectivity index (χ2v) is 3.32. The van der Waals surface area contributed by atoms with Gasteiger partial charge >= 0.3 is 0 Å². The summed E-state index contributed by atoms with van der Waals surface area (Å²) in [6, 6.07) is 6.14. The van der Waals surface area contributed by atoms with Crippen LogP contribution in [-0.4, -0.2) is 17.9 Å². The monoisotopic (exact) mass is 207 g/mol. The van der Waals surface area contributed by atoms with Crippen LogP contribution < -0.4 is 0 Å². The van der Waals surface area contributed by atoms with Gasteiger partial charge in [-0.15, -0.1) is 0 Å². The van der Waals surface area contributed by atoms with Crippen LogP contribution in [0.4, 0.5) is 4.39 Å². The minimum atomic E-state index is -0.263. The van der Waals surface area contributed by atoms with Gasteiger partial charge in [-0.05, 0) is 30.7 Å². The number of likely N-dealkylation sites (N-methyl/N-ethyl adjacent to an activating group) is 1. The first-order chi connectivity index (χ1) is 7.13. The van der Waals surface area contributed by atoms with Gasteiger partial charge in [0.25, 0.3) is 0 Å². The van der Waals surface area contributed by atoms with Crippen molar-refractivity contribution in [1.82, 2.24) is 4.90 Å². The summed E-state index contributed by atoms with van der Waals surface area (Å²) in [5.74, 6) is -0.317. The van der Waals surface area contributed by atoms with Crippen molar-refractivity contribution >= 4 is 5.91 Å². The average molecular weight is 207 g/mol. The van der Waals surface area contributed by atoms with Crippen molar-refractivity contribution in [3.8, 4) is 0 Å². The lowest BCUT2D eigenvalue weighted by Gasteiger charge is -2.14. The average Bonchev–Trinajstić information content (AvgIpc) is 2.22. The van der Waals surface area contributed by atoms with E-state index in [9.17, 15) is 9.18 Å². The van der Waals surface area contributed by atoms with Crippen molar-refractivity contribution < 1.29 is 9.18 Å². The Labute approximate surface area is 89.0 Å². The van der Waals surface area contributed by atoms with Crippen LogP contribution >= 0.6 is 0 Å². The third-order valence-electron chi connectivity index (χ3n) is 2.02. The first-order valence-electron chi connectivity index (χ1n) is 4.75. The Morgan fingerprint density at radius 2 is 2.00 bits per heavy atom. The van der Waals surface area contributed by atoms with Crippen LogP contribution in [0.1, 0.15) is 12.5 Å². The molecular weight excluding hydrogens is 193 g/mol. The standard InChI is InChI=1S/C12H14FNO/c1-3-4-12(15)14(2)9-10-5-7-11(13)8-6-10/h3-8H,9H2,1-2H3. The zero-order valence-electron chi connectivity index (χ0n) is 8.90. The van der Waals surface area contributed by atoms with Crippen molar-refractivity contribution in [3.63, 3.8) is 0 Å². The van der Waals surface area contributed by atoms with Gasteiger partial charge in [-0.1, -0.05) is 18.2 Å². The van der Waals surface area contributed by atoms with Gasteiger partial charge in [-0.2, -0.15) is 0 Å². The highest BCUT2D eigenvalue weighted by Gasteiger charge is 2.04. The number of halogens is 1. The minimum absolute atomic E-state index is 0.0539.